The SMILES string of the molecule is Cn1cncc1C(N)Cc1cnccc1N. The van der Waals surface area contributed by atoms with Crippen LogP contribution in [0.4, 0.5) is 5.69 Å². The van der Waals surface area contributed by atoms with Gasteiger partial charge in [-0.25, -0.2) is 4.98 Å². The summed E-state index contributed by atoms with van der Waals surface area (Å²) in [5.41, 5.74) is 14.6. The molecule has 1 unspecified atom stereocenters. The number of aryl methyl sites for hydroxylation is 1. The van der Waals surface area contributed by atoms with Crippen molar-refractivity contribution in [2.45, 2.75) is 12.5 Å². The fourth-order valence-corrected chi connectivity index (χ4v) is 1.67. The summed E-state index contributed by atoms with van der Waals surface area (Å²) in [6.45, 7) is 0. The maximum absolute atomic E-state index is 6.10. The number of nitrogens with zero attached hydrogens (tertiary/aromatic N) is 3. The highest BCUT2D eigenvalue weighted by molar-refractivity contribution is 5.44. The quantitative estimate of drug-likeness (QED) is 0.790. The first kappa shape index (κ1) is 10.6. The molecule has 2 aromatic rings. The summed E-state index contributed by atoms with van der Waals surface area (Å²) in [6, 6.07) is 1.67. The largest absolute Gasteiger partial charge is 0.398 e. The smallest absolute Gasteiger partial charge is 0.0946 e. The van der Waals surface area contributed by atoms with Crippen LogP contribution in [0, 0.1) is 0 Å². The Labute approximate surface area is 94.1 Å². The summed E-state index contributed by atoms with van der Waals surface area (Å²) in [5.74, 6) is 0. The van der Waals surface area contributed by atoms with Crippen molar-refractivity contribution in [3.63, 3.8) is 0 Å². The molecule has 0 spiro atoms. The van der Waals surface area contributed by atoms with Gasteiger partial charge in [-0.15, -0.1) is 0 Å². The third-order valence-corrected chi connectivity index (χ3v) is 2.61. The maximum atomic E-state index is 6.10. The van der Waals surface area contributed by atoms with Crippen LogP contribution < -0.4 is 11.5 Å². The van der Waals surface area contributed by atoms with Crippen LogP contribution in [-0.2, 0) is 13.5 Å². The summed E-state index contributed by atoms with van der Waals surface area (Å²) in [7, 11) is 1.93. The number of nitrogen functional groups attached to an aromatic ring is 1. The lowest BCUT2D eigenvalue weighted by molar-refractivity contribution is 0.655. The highest BCUT2D eigenvalue weighted by Crippen LogP contribution is 2.18. The van der Waals surface area contributed by atoms with Crippen molar-refractivity contribution < 1.29 is 0 Å². The summed E-state index contributed by atoms with van der Waals surface area (Å²) < 4.78 is 1.91. The van der Waals surface area contributed by atoms with E-state index in [9.17, 15) is 0 Å². The molecule has 0 fully saturated rings. The first-order valence-corrected chi connectivity index (χ1v) is 5.08. The standard InChI is InChI=1S/C11H15N5/c1-16-7-15-6-11(16)10(13)4-8-5-14-3-2-9(8)12/h2-3,5-7,10H,4,13H2,1H3,(H2,12,14). The van der Waals surface area contributed by atoms with Crippen molar-refractivity contribution >= 4 is 5.69 Å². The van der Waals surface area contributed by atoms with Gasteiger partial charge >= 0.3 is 0 Å². The van der Waals surface area contributed by atoms with Crippen LogP contribution in [0.25, 0.3) is 0 Å². The van der Waals surface area contributed by atoms with Gasteiger partial charge in [0.25, 0.3) is 0 Å². The Hall–Kier alpha value is -1.88. The summed E-state index contributed by atoms with van der Waals surface area (Å²) in [5, 5.41) is 0. The van der Waals surface area contributed by atoms with Crippen LogP contribution in [0.2, 0.25) is 0 Å². The molecule has 5 nitrogen and oxygen atoms in total. The molecule has 5 heteroatoms. The second-order valence-corrected chi connectivity index (χ2v) is 3.81. The van der Waals surface area contributed by atoms with E-state index < -0.39 is 0 Å². The van der Waals surface area contributed by atoms with Gasteiger partial charge in [0.15, 0.2) is 0 Å². The second-order valence-electron chi connectivity index (χ2n) is 3.81. The van der Waals surface area contributed by atoms with Gasteiger partial charge in [-0.3, -0.25) is 4.98 Å². The van der Waals surface area contributed by atoms with Crippen molar-refractivity contribution in [2.24, 2.45) is 12.8 Å². The van der Waals surface area contributed by atoms with Gasteiger partial charge in [-0.1, -0.05) is 0 Å². The van der Waals surface area contributed by atoms with E-state index in [2.05, 4.69) is 9.97 Å². The number of rotatable bonds is 3. The molecule has 0 radical (unpaired) electrons. The number of pyridine rings is 1. The van der Waals surface area contributed by atoms with Gasteiger partial charge < -0.3 is 16.0 Å². The predicted molar refractivity (Wildman–Crippen MR) is 62.5 cm³/mol. The second kappa shape index (κ2) is 4.32. The van der Waals surface area contributed by atoms with Crippen LogP contribution in [0.15, 0.2) is 31.0 Å². The third-order valence-electron chi connectivity index (χ3n) is 2.61. The number of hydrogen-bond donors (Lipinski definition) is 2. The minimum Gasteiger partial charge on any atom is -0.398 e. The molecule has 2 heterocycles. The highest BCUT2D eigenvalue weighted by Gasteiger charge is 2.12. The molecular weight excluding hydrogens is 202 g/mol. The Morgan fingerprint density at radius 2 is 2.19 bits per heavy atom. The number of anilines is 1. The zero-order chi connectivity index (χ0) is 11.5. The predicted octanol–water partition coefficient (Wildman–Crippen LogP) is 0.640. The van der Waals surface area contributed by atoms with Crippen LogP contribution in [0.5, 0.6) is 0 Å². The minimum absolute atomic E-state index is 0.112. The van der Waals surface area contributed by atoms with Crippen LogP contribution in [-0.4, -0.2) is 14.5 Å². The molecule has 0 aliphatic rings. The Bertz CT molecular complexity index is 477. The van der Waals surface area contributed by atoms with E-state index in [4.69, 9.17) is 11.5 Å². The molecule has 0 aromatic carbocycles. The van der Waals surface area contributed by atoms with Crippen molar-refractivity contribution in [3.8, 4) is 0 Å². The summed E-state index contributed by atoms with van der Waals surface area (Å²) >= 11 is 0. The Morgan fingerprint density at radius 1 is 1.38 bits per heavy atom. The van der Waals surface area contributed by atoms with E-state index in [-0.39, 0.29) is 6.04 Å². The molecule has 2 aromatic heterocycles. The van der Waals surface area contributed by atoms with Crippen molar-refractivity contribution in [1.82, 2.24) is 14.5 Å². The van der Waals surface area contributed by atoms with Gasteiger partial charge in [0.05, 0.1) is 18.1 Å². The lowest BCUT2D eigenvalue weighted by Gasteiger charge is -2.13. The van der Waals surface area contributed by atoms with Gasteiger partial charge in [-0.2, -0.15) is 0 Å². The van der Waals surface area contributed by atoms with Gasteiger partial charge in [0.1, 0.15) is 0 Å². The molecule has 16 heavy (non-hydrogen) atoms. The molecule has 0 saturated carbocycles. The molecule has 2 rings (SSSR count). The Kier molecular flexibility index (Phi) is 2.87. The fourth-order valence-electron chi connectivity index (χ4n) is 1.67. The lowest BCUT2D eigenvalue weighted by atomic mass is 10.0. The van der Waals surface area contributed by atoms with Crippen molar-refractivity contribution in [3.05, 3.63) is 42.2 Å². The van der Waals surface area contributed by atoms with Crippen molar-refractivity contribution in [2.75, 3.05) is 5.73 Å². The number of imidazole rings is 1. The normalized spacial score (nSPS) is 12.6. The average Bonchev–Trinajstić information content (AvgIpc) is 2.68. The number of nitrogens with two attached hydrogens (primary N) is 2. The molecule has 0 bridgehead atoms. The topological polar surface area (TPSA) is 82.8 Å². The molecule has 0 saturated heterocycles. The Balaban J connectivity index is 2.17. The van der Waals surface area contributed by atoms with Crippen molar-refractivity contribution in [1.29, 1.82) is 0 Å². The molecule has 84 valence electrons. The third kappa shape index (κ3) is 2.04. The van der Waals surface area contributed by atoms with E-state index in [1.165, 1.54) is 0 Å². The van der Waals surface area contributed by atoms with E-state index in [1.807, 2.05) is 11.6 Å². The molecule has 1 atom stereocenters. The molecule has 0 amide bonds. The zero-order valence-corrected chi connectivity index (χ0v) is 9.17. The van der Waals surface area contributed by atoms with E-state index in [1.54, 1.807) is 31.0 Å². The summed E-state index contributed by atoms with van der Waals surface area (Å²) in [4.78, 5) is 8.09. The van der Waals surface area contributed by atoms with E-state index in [0.29, 0.717) is 6.42 Å². The lowest BCUT2D eigenvalue weighted by Crippen LogP contribution is -2.17. The first-order valence-electron chi connectivity index (χ1n) is 5.08. The number of aromatic nitrogens is 3. The van der Waals surface area contributed by atoms with Crippen LogP contribution >= 0.6 is 0 Å². The zero-order valence-electron chi connectivity index (χ0n) is 9.17. The first-order chi connectivity index (χ1) is 7.68. The van der Waals surface area contributed by atoms with Crippen LogP contribution in [0.3, 0.4) is 0 Å². The van der Waals surface area contributed by atoms with E-state index >= 15 is 0 Å². The highest BCUT2D eigenvalue weighted by atomic mass is 15.0. The minimum atomic E-state index is -0.112. The Morgan fingerprint density at radius 3 is 2.81 bits per heavy atom. The molecule has 0 aliphatic carbocycles. The molecule has 0 aliphatic heterocycles. The summed E-state index contributed by atoms with van der Waals surface area (Å²) in [6.07, 6.45) is 7.61. The average molecular weight is 217 g/mol. The molecular formula is C11H15N5. The van der Waals surface area contributed by atoms with Gasteiger partial charge in [0, 0.05) is 31.3 Å². The van der Waals surface area contributed by atoms with E-state index in [0.717, 1.165) is 16.9 Å². The monoisotopic (exact) mass is 217 g/mol. The van der Waals surface area contributed by atoms with Crippen LogP contribution in [0.1, 0.15) is 17.3 Å². The van der Waals surface area contributed by atoms with Gasteiger partial charge in [0.2, 0.25) is 0 Å². The molecule has 4 N–H and O–H groups in total. The fraction of sp³-hybridized carbons (Fsp3) is 0.273. The van der Waals surface area contributed by atoms with Gasteiger partial charge in [-0.05, 0) is 18.1 Å². The maximum Gasteiger partial charge on any atom is 0.0946 e. The number of hydrogen-bond acceptors (Lipinski definition) is 4.